The average molecular weight is 851 g/mol. The van der Waals surface area contributed by atoms with Crippen LogP contribution in [0.2, 0.25) is 0 Å². The highest BCUT2D eigenvalue weighted by Crippen LogP contribution is 2.11. The van der Waals surface area contributed by atoms with Crippen molar-refractivity contribution in [2.24, 2.45) is 0 Å². The minimum absolute atomic E-state index is 0.109. The van der Waals surface area contributed by atoms with Crippen LogP contribution in [0.4, 0.5) is 0 Å². The normalized spacial score (nSPS) is 13.7. The van der Waals surface area contributed by atoms with Crippen molar-refractivity contribution >= 4 is 11.9 Å². The molecule has 0 spiro atoms. The smallest absolute Gasteiger partial charge is 0.306 e. The van der Waals surface area contributed by atoms with Crippen molar-refractivity contribution in [3.8, 4) is 0 Å². The van der Waals surface area contributed by atoms with Gasteiger partial charge in [-0.1, -0.05) is 198 Å². The summed E-state index contributed by atoms with van der Waals surface area (Å²) >= 11 is 0. The molecule has 1 N–H and O–H groups in total. The average Bonchev–Trinajstić information content (AvgIpc) is 3.28. The van der Waals surface area contributed by atoms with Gasteiger partial charge in [0.25, 0.3) is 0 Å². The van der Waals surface area contributed by atoms with Gasteiger partial charge in [0, 0.05) is 12.8 Å². The summed E-state index contributed by atoms with van der Waals surface area (Å²) in [5.41, 5.74) is 0. The van der Waals surface area contributed by atoms with Crippen LogP contribution < -0.4 is 0 Å². The summed E-state index contributed by atoms with van der Waals surface area (Å²) in [5.74, 6) is -0.693. The lowest BCUT2D eigenvalue weighted by atomic mass is 10.1. The second kappa shape index (κ2) is 50.9. The van der Waals surface area contributed by atoms with Gasteiger partial charge in [0.05, 0.1) is 6.61 Å². The molecule has 5 heteroatoms. The number of carbonyl (C=O) groups excluding carboxylic acids is 2. The zero-order valence-electron chi connectivity index (χ0n) is 39.1. The molecule has 0 aliphatic heterocycles. The second-order valence-electron chi connectivity index (χ2n) is 15.1. The molecule has 0 amide bonds. The van der Waals surface area contributed by atoms with Crippen LogP contribution in [0.5, 0.6) is 0 Å². The molecule has 0 aliphatic carbocycles. The Morgan fingerprint density at radius 2 is 0.661 bits per heavy atom. The number of esters is 2. The molecule has 5 nitrogen and oxygen atoms in total. The fourth-order valence-electron chi connectivity index (χ4n) is 5.78. The van der Waals surface area contributed by atoms with Crippen LogP contribution in [-0.2, 0) is 19.1 Å². The van der Waals surface area contributed by atoms with Crippen LogP contribution in [0, 0.1) is 0 Å². The predicted molar refractivity (Wildman–Crippen MR) is 269 cm³/mol. The third-order valence-corrected chi connectivity index (χ3v) is 9.32. The van der Waals surface area contributed by atoms with Gasteiger partial charge in [-0.25, -0.2) is 0 Å². The minimum atomic E-state index is -0.822. The molecule has 0 rings (SSSR count). The Kier molecular flexibility index (Phi) is 47.2. The van der Waals surface area contributed by atoms with Crippen molar-refractivity contribution in [1.82, 2.24) is 0 Å². The number of carbonyl (C=O) groups is 2. The van der Waals surface area contributed by atoms with Crippen molar-refractivity contribution in [3.63, 3.8) is 0 Å². The molecule has 0 aromatic heterocycles. The second-order valence-corrected chi connectivity index (χ2v) is 15.1. The topological polar surface area (TPSA) is 72.8 Å². The highest BCUT2D eigenvalue weighted by Gasteiger charge is 2.16. The van der Waals surface area contributed by atoms with Crippen molar-refractivity contribution in [2.75, 3.05) is 13.2 Å². The number of aliphatic hydroxyl groups is 1. The van der Waals surface area contributed by atoms with E-state index in [0.717, 1.165) is 116 Å². The van der Waals surface area contributed by atoms with Crippen LogP contribution in [0.25, 0.3) is 0 Å². The third-order valence-electron chi connectivity index (χ3n) is 9.32. The molecule has 1 unspecified atom stereocenters. The third kappa shape index (κ3) is 48.2. The zero-order valence-corrected chi connectivity index (χ0v) is 39.1. The molecule has 0 heterocycles. The predicted octanol–water partition coefficient (Wildman–Crippen LogP) is 16.1. The standard InChI is InChI=1S/C57H86O5/c1-3-5-7-9-11-13-15-17-19-21-23-24-25-26-27-28-29-30-31-32-34-36-38-40-42-44-46-48-50-52-57(60)62-55(53-58)54-61-56(59)51-49-47-45-43-41-39-37-35-33-22-20-18-16-14-12-10-8-6-4-2/h5-8,11-14,17-20,23-24,26-27,29-30,32-35,38,40,44,46,55,58H,3-4,9-10,15-16,21-22,25,28,31,36-37,39,41-43,45,47-54H2,1-2H3/b7-5-,8-6-,13-11-,14-12-,19-17-,20-18-,24-23-,27-26-,30-29-,34-32-,35-33-,40-38-,46-44-. The monoisotopic (exact) mass is 851 g/mol. The van der Waals surface area contributed by atoms with E-state index in [-0.39, 0.29) is 31.6 Å². The first-order valence-corrected chi connectivity index (χ1v) is 24.0. The number of ether oxygens (including phenoxy) is 2. The number of hydrogen-bond donors (Lipinski definition) is 1. The van der Waals surface area contributed by atoms with E-state index in [1.54, 1.807) is 0 Å². The summed E-state index contributed by atoms with van der Waals surface area (Å²) in [7, 11) is 0. The number of unbranched alkanes of at least 4 members (excludes halogenated alkanes) is 7. The molecule has 1 atom stereocenters. The van der Waals surface area contributed by atoms with Crippen LogP contribution in [0.15, 0.2) is 158 Å². The Morgan fingerprint density at radius 3 is 1.02 bits per heavy atom. The van der Waals surface area contributed by atoms with Crippen molar-refractivity contribution in [2.45, 2.75) is 174 Å². The Labute approximate surface area is 380 Å². The van der Waals surface area contributed by atoms with E-state index in [4.69, 9.17) is 9.47 Å². The van der Waals surface area contributed by atoms with E-state index < -0.39 is 6.10 Å². The molecule has 0 aromatic carbocycles. The molecule has 62 heavy (non-hydrogen) atoms. The van der Waals surface area contributed by atoms with Gasteiger partial charge in [-0.3, -0.25) is 9.59 Å². The van der Waals surface area contributed by atoms with Crippen LogP contribution in [0.1, 0.15) is 168 Å². The lowest BCUT2D eigenvalue weighted by Crippen LogP contribution is -2.28. The first-order chi connectivity index (χ1) is 30.6. The quantitative estimate of drug-likeness (QED) is 0.0377. The molecule has 0 bridgehead atoms. The van der Waals surface area contributed by atoms with Crippen molar-refractivity contribution in [3.05, 3.63) is 158 Å². The maximum absolute atomic E-state index is 12.2. The Morgan fingerprint density at radius 1 is 0.371 bits per heavy atom. The fourth-order valence-corrected chi connectivity index (χ4v) is 5.78. The fraction of sp³-hybridized carbons (Fsp3) is 0.509. The lowest BCUT2D eigenvalue weighted by Gasteiger charge is -2.15. The van der Waals surface area contributed by atoms with E-state index in [1.807, 2.05) is 0 Å². The summed E-state index contributed by atoms with van der Waals surface area (Å²) < 4.78 is 10.6. The van der Waals surface area contributed by atoms with Crippen molar-refractivity contribution in [1.29, 1.82) is 0 Å². The molecule has 0 fully saturated rings. The van der Waals surface area contributed by atoms with Gasteiger partial charge < -0.3 is 14.6 Å². The van der Waals surface area contributed by atoms with E-state index in [1.165, 1.54) is 19.3 Å². The summed E-state index contributed by atoms with van der Waals surface area (Å²) in [6.45, 7) is 3.83. The van der Waals surface area contributed by atoms with Crippen LogP contribution in [0.3, 0.4) is 0 Å². The summed E-state index contributed by atoms with van der Waals surface area (Å²) in [6, 6.07) is 0. The summed E-state index contributed by atoms with van der Waals surface area (Å²) in [6.07, 6.45) is 78.9. The molecule has 344 valence electrons. The Balaban J connectivity index is 3.75. The maximum Gasteiger partial charge on any atom is 0.306 e. The van der Waals surface area contributed by atoms with Crippen LogP contribution in [-0.4, -0.2) is 36.4 Å². The highest BCUT2D eigenvalue weighted by molar-refractivity contribution is 5.70. The first kappa shape index (κ1) is 57.5. The molecule has 0 saturated heterocycles. The summed E-state index contributed by atoms with van der Waals surface area (Å²) in [4.78, 5) is 24.4. The van der Waals surface area contributed by atoms with E-state index in [9.17, 15) is 14.7 Å². The van der Waals surface area contributed by atoms with Crippen LogP contribution >= 0.6 is 0 Å². The van der Waals surface area contributed by atoms with Gasteiger partial charge in [0.15, 0.2) is 6.10 Å². The molecule has 0 radical (unpaired) electrons. The van der Waals surface area contributed by atoms with Gasteiger partial charge in [0.1, 0.15) is 6.61 Å². The number of allylic oxidation sites excluding steroid dienone is 26. The first-order valence-electron chi connectivity index (χ1n) is 24.0. The van der Waals surface area contributed by atoms with Gasteiger partial charge in [0.2, 0.25) is 0 Å². The SMILES string of the molecule is CC/C=C\C/C=C\C/C=C\C/C=C\C/C=C\C/C=C\C/C=C\C/C=C\C/C=C\CCCC(=O)OC(CO)COC(=O)CCCCCCCC/C=C\C/C=C\C/C=C\C/C=C\CC. The van der Waals surface area contributed by atoms with E-state index in [2.05, 4.69) is 172 Å². The summed E-state index contributed by atoms with van der Waals surface area (Å²) in [5, 5.41) is 9.60. The Hall–Kier alpha value is -4.48. The molecule has 0 saturated carbocycles. The lowest BCUT2D eigenvalue weighted by molar-refractivity contribution is -0.161. The maximum atomic E-state index is 12.2. The minimum Gasteiger partial charge on any atom is -0.462 e. The molecular formula is C57H86O5. The molecule has 0 aliphatic rings. The molecule has 0 aromatic rings. The van der Waals surface area contributed by atoms with E-state index >= 15 is 0 Å². The van der Waals surface area contributed by atoms with Gasteiger partial charge in [-0.05, 0) is 116 Å². The van der Waals surface area contributed by atoms with Gasteiger partial charge in [-0.2, -0.15) is 0 Å². The van der Waals surface area contributed by atoms with Gasteiger partial charge >= 0.3 is 11.9 Å². The number of hydrogen-bond acceptors (Lipinski definition) is 5. The molecular weight excluding hydrogens is 765 g/mol. The van der Waals surface area contributed by atoms with Crippen molar-refractivity contribution < 1.29 is 24.2 Å². The van der Waals surface area contributed by atoms with Gasteiger partial charge in [-0.15, -0.1) is 0 Å². The highest BCUT2D eigenvalue weighted by atomic mass is 16.6. The zero-order chi connectivity index (χ0) is 44.9. The number of aliphatic hydroxyl groups excluding tert-OH is 1. The number of rotatable bonds is 41. The largest absolute Gasteiger partial charge is 0.462 e. The Bertz CT molecular complexity index is 1420. The van der Waals surface area contributed by atoms with E-state index in [0.29, 0.717) is 12.8 Å².